The van der Waals surface area contributed by atoms with Crippen LogP contribution in [0.3, 0.4) is 0 Å². The van der Waals surface area contributed by atoms with Gasteiger partial charge >= 0.3 is 0 Å². The minimum absolute atomic E-state index is 0.175. The van der Waals surface area contributed by atoms with E-state index in [0.717, 1.165) is 54.0 Å². The summed E-state index contributed by atoms with van der Waals surface area (Å²) in [5.41, 5.74) is 2.90. The van der Waals surface area contributed by atoms with Crippen LogP contribution in [0.15, 0.2) is 30.7 Å². The van der Waals surface area contributed by atoms with Gasteiger partial charge in [-0.1, -0.05) is 4.98 Å². The number of anilines is 2. The van der Waals surface area contributed by atoms with Crippen molar-refractivity contribution in [1.82, 2.24) is 14.9 Å². The zero-order valence-electron chi connectivity index (χ0n) is 21.2. The molecule has 2 bridgehead atoms. The zero-order valence-corrected chi connectivity index (χ0v) is 21.2. The summed E-state index contributed by atoms with van der Waals surface area (Å²) in [5.74, 6) is 2.55. The molecular formula is C26H37N6O3+. The van der Waals surface area contributed by atoms with Crippen LogP contribution in [-0.4, -0.2) is 60.7 Å². The standard InChI is InChI=1S/C26H36N6O3/c1-18(2)32-12-6-5-11-31(3)26-24-19(16-28-25(24)29-17-30-26)15-27-20-9-10-21(34-4)22(14-20)35-13-7-8-23(32)33/h9-10,14,16-18,27H,5-8,11-13,15H2,1-4H3,(H,28,29,30)/p+1. The summed E-state index contributed by atoms with van der Waals surface area (Å²) in [6, 6.07) is 6.00. The average Bonchev–Trinajstić information content (AvgIpc) is 3.27. The fourth-order valence-electron chi connectivity index (χ4n) is 4.55. The van der Waals surface area contributed by atoms with Gasteiger partial charge in [-0.15, -0.1) is 0 Å². The predicted molar refractivity (Wildman–Crippen MR) is 137 cm³/mol. The number of aromatic nitrogens is 3. The van der Waals surface area contributed by atoms with Crippen LogP contribution in [-0.2, 0) is 11.3 Å². The molecule has 3 aromatic rings. The van der Waals surface area contributed by atoms with E-state index in [4.69, 9.17) is 9.47 Å². The number of rotatable bonds is 2. The van der Waals surface area contributed by atoms with Crippen molar-refractivity contribution in [2.75, 3.05) is 44.1 Å². The van der Waals surface area contributed by atoms with E-state index >= 15 is 0 Å². The van der Waals surface area contributed by atoms with Crippen LogP contribution in [0.4, 0.5) is 11.5 Å². The fourth-order valence-corrected chi connectivity index (χ4v) is 4.55. The Morgan fingerprint density at radius 3 is 2.83 bits per heavy atom. The Morgan fingerprint density at radius 2 is 2.03 bits per heavy atom. The summed E-state index contributed by atoms with van der Waals surface area (Å²) in [6.07, 6.45) is 6.79. The number of H-pyrrole nitrogens is 2. The van der Waals surface area contributed by atoms with Crippen molar-refractivity contribution in [3.8, 4) is 11.5 Å². The lowest BCUT2D eigenvalue weighted by molar-refractivity contribution is -0.366. The van der Waals surface area contributed by atoms with Crippen LogP contribution in [0.25, 0.3) is 11.0 Å². The van der Waals surface area contributed by atoms with E-state index in [9.17, 15) is 4.79 Å². The summed E-state index contributed by atoms with van der Waals surface area (Å²) in [5, 5.41) is 4.57. The van der Waals surface area contributed by atoms with E-state index in [-0.39, 0.29) is 11.9 Å². The average molecular weight is 482 g/mol. The first-order valence-corrected chi connectivity index (χ1v) is 12.4. The molecule has 0 spiro atoms. The first-order valence-electron chi connectivity index (χ1n) is 12.4. The quantitative estimate of drug-likeness (QED) is 0.580. The summed E-state index contributed by atoms with van der Waals surface area (Å²) in [6.45, 7) is 6.88. The summed E-state index contributed by atoms with van der Waals surface area (Å²) in [4.78, 5) is 28.2. The van der Waals surface area contributed by atoms with E-state index in [0.29, 0.717) is 37.5 Å². The second-order valence-corrected chi connectivity index (χ2v) is 9.27. The number of nitrogens with zero attached hydrogens (tertiary/aromatic N) is 3. The van der Waals surface area contributed by atoms with E-state index in [1.807, 2.05) is 29.3 Å². The molecular weight excluding hydrogens is 444 g/mol. The largest absolute Gasteiger partial charge is 0.493 e. The second-order valence-electron chi connectivity index (χ2n) is 9.27. The fraction of sp³-hybridized carbons (Fsp3) is 0.500. The summed E-state index contributed by atoms with van der Waals surface area (Å²) >= 11 is 0. The maximum Gasteiger partial charge on any atom is 0.234 e. The highest BCUT2D eigenvalue weighted by atomic mass is 16.5. The van der Waals surface area contributed by atoms with Crippen molar-refractivity contribution in [2.45, 2.75) is 52.1 Å². The van der Waals surface area contributed by atoms with E-state index in [1.165, 1.54) is 0 Å². The molecule has 9 heteroatoms. The first kappa shape index (κ1) is 24.6. The number of ether oxygens (including phenoxy) is 2. The van der Waals surface area contributed by atoms with Gasteiger partial charge < -0.3 is 24.7 Å². The Morgan fingerprint density at radius 1 is 1.20 bits per heavy atom. The smallest absolute Gasteiger partial charge is 0.234 e. The first-order chi connectivity index (χ1) is 17.0. The number of hydrogen-bond donors (Lipinski definition) is 2. The lowest BCUT2D eigenvalue weighted by Gasteiger charge is -2.27. The highest BCUT2D eigenvalue weighted by molar-refractivity contribution is 5.89. The third kappa shape index (κ3) is 5.78. The Labute approximate surface area is 206 Å². The Bertz CT molecular complexity index is 1150. The zero-order chi connectivity index (χ0) is 24.8. The number of hydrogen-bond acceptors (Lipinski definition) is 6. The molecule has 4 rings (SSSR count). The molecule has 1 aromatic carbocycles. The Kier molecular flexibility index (Phi) is 7.94. The molecule has 188 valence electrons. The molecule has 0 aliphatic carbocycles. The van der Waals surface area contributed by atoms with Crippen LogP contribution >= 0.6 is 0 Å². The van der Waals surface area contributed by atoms with Crippen LogP contribution < -0.4 is 24.7 Å². The lowest BCUT2D eigenvalue weighted by Crippen LogP contribution is -2.38. The van der Waals surface area contributed by atoms with Gasteiger partial charge in [0.2, 0.25) is 23.7 Å². The van der Waals surface area contributed by atoms with Gasteiger partial charge in [0.05, 0.1) is 27.3 Å². The highest BCUT2D eigenvalue weighted by Gasteiger charge is 2.21. The van der Waals surface area contributed by atoms with Crippen molar-refractivity contribution in [3.05, 3.63) is 36.3 Å². The molecule has 0 saturated carbocycles. The molecule has 0 fully saturated rings. The molecule has 3 N–H and O–H groups in total. The van der Waals surface area contributed by atoms with Gasteiger partial charge in [-0.05, 0) is 45.2 Å². The second kappa shape index (κ2) is 11.3. The van der Waals surface area contributed by atoms with E-state index in [1.54, 1.807) is 13.4 Å². The van der Waals surface area contributed by atoms with Gasteiger partial charge in [-0.25, -0.2) is 4.98 Å². The van der Waals surface area contributed by atoms with Crippen molar-refractivity contribution >= 4 is 28.4 Å². The molecule has 3 heterocycles. The van der Waals surface area contributed by atoms with Gasteiger partial charge in [-0.2, -0.15) is 0 Å². The molecule has 0 unspecified atom stereocenters. The monoisotopic (exact) mass is 481 g/mol. The minimum atomic E-state index is 0.175. The summed E-state index contributed by atoms with van der Waals surface area (Å²) < 4.78 is 11.5. The minimum Gasteiger partial charge on any atom is -0.493 e. The van der Waals surface area contributed by atoms with Crippen LogP contribution in [0.2, 0.25) is 0 Å². The molecule has 1 aliphatic rings. The van der Waals surface area contributed by atoms with Crippen LogP contribution in [0, 0.1) is 0 Å². The number of amides is 1. The SMILES string of the molecule is COc1ccc2cc1OCCCC(=O)N(C(C)C)CCCCN(C)c1[nH+]cnc3[nH]cc(c13)CN2. The predicted octanol–water partition coefficient (Wildman–Crippen LogP) is 3.62. The third-order valence-electron chi connectivity index (χ3n) is 6.48. The number of fused-ring (bicyclic) bond motifs is 2. The molecule has 1 aliphatic heterocycles. The van der Waals surface area contributed by atoms with Crippen LogP contribution in [0.5, 0.6) is 11.5 Å². The van der Waals surface area contributed by atoms with Crippen LogP contribution in [0.1, 0.15) is 45.1 Å². The normalized spacial score (nSPS) is 16.3. The number of methoxy groups -OCH3 is 1. The maximum absolute atomic E-state index is 12.9. The molecule has 0 saturated heterocycles. The maximum atomic E-state index is 12.9. The van der Waals surface area contributed by atoms with Crippen molar-refractivity contribution < 1.29 is 19.3 Å². The van der Waals surface area contributed by atoms with Gasteiger partial charge in [0.1, 0.15) is 5.39 Å². The lowest BCUT2D eigenvalue weighted by atomic mass is 10.2. The van der Waals surface area contributed by atoms with Crippen molar-refractivity contribution in [3.63, 3.8) is 0 Å². The number of carbonyl (C=O) groups excluding carboxylic acids is 1. The number of benzene rings is 1. The van der Waals surface area contributed by atoms with E-state index < -0.39 is 0 Å². The van der Waals surface area contributed by atoms with Gasteiger partial charge in [0.15, 0.2) is 11.5 Å². The van der Waals surface area contributed by atoms with Crippen molar-refractivity contribution in [2.24, 2.45) is 0 Å². The molecule has 2 aromatic heterocycles. The molecule has 1 amide bonds. The molecule has 35 heavy (non-hydrogen) atoms. The number of aromatic amines is 2. The van der Waals surface area contributed by atoms with Crippen molar-refractivity contribution in [1.29, 1.82) is 0 Å². The molecule has 0 atom stereocenters. The summed E-state index contributed by atoms with van der Waals surface area (Å²) in [7, 11) is 3.73. The number of carbonyl (C=O) groups is 1. The van der Waals surface area contributed by atoms with Gasteiger partial charge in [-0.3, -0.25) is 9.69 Å². The topological polar surface area (TPSA) is 96.9 Å². The molecule has 0 radical (unpaired) electrons. The van der Waals surface area contributed by atoms with E-state index in [2.05, 4.69) is 46.1 Å². The van der Waals surface area contributed by atoms with Gasteiger partial charge in [0, 0.05) is 49.1 Å². The Hall–Kier alpha value is -3.49. The Balaban J connectivity index is 1.63. The third-order valence-corrected chi connectivity index (χ3v) is 6.48. The highest BCUT2D eigenvalue weighted by Crippen LogP contribution is 2.31. The van der Waals surface area contributed by atoms with Gasteiger partial charge in [0.25, 0.3) is 0 Å². The number of nitrogens with one attached hydrogen (secondary N) is 3. The molecule has 9 nitrogen and oxygen atoms in total.